The molecule has 1 aromatic rings. The zero-order valence-electron chi connectivity index (χ0n) is 8.11. The fourth-order valence-electron chi connectivity index (χ4n) is 1.94. The molecule has 1 aliphatic rings. The van der Waals surface area contributed by atoms with Crippen molar-refractivity contribution in [3.63, 3.8) is 0 Å². The smallest absolute Gasteiger partial charge is 0.0576 e. The van der Waals surface area contributed by atoms with Gasteiger partial charge in [-0.2, -0.15) is 0 Å². The molecule has 76 valence electrons. The van der Waals surface area contributed by atoms with Crippen LogP contribution in [0.25, 0.3) is 0 Å². The highest BCUT2D eigenvalue weighted by Gasteiger charge is 2.22. The molecule has 3 heteroatoms. The van der Waals surface area contributed by atoms with Crippen LogP contribution in [0.2, 0.25) is 0 Å². The SMILES string of the molecule is Nc1ccccc1N[C@H]1CC[C@@H](O)C1. The second kappa shape index (κ2) is 3.88. The Morgan fingerprint density at radius 2 is 2.07 bits per heavy atom. The molecule has 2 atom stereocenters. The van der Waals surface area contributed by atoms with Gasteiger partial charge in [0.2, 0.25) is 0 Å². The van der Waals surface area contributed by atoms with Crippen LogP contribution in [-0.2, 0) is 0 Å². The standard InChI is InChI=1S/C11H16N2O/c12-10-3-1-2-4-11(10)13-8-5-6-9(14)7-8/h1-4,8-9,13-14H,5-7,12H2/t8-,9+/m0/s1. The van der Waals surface area contributed by atoms with Gasteiger partial charge in [-0.1, -0.05) is 12.1 Å². The highest BCUT2D eigenvalue weighted by molar-refractivity contribution is 5.66. The van der Waals surface area contributed by atoms with E-state index in [4.69, 9.17) is 5.73 Å². The maximum Gasteiger partial charge on any atom is 0.0576 e. The molecule has 0 saturated heterocycles. The monoisotopic (exact) mass is 192 g/mol. The molecule has 0 spiro atoms. The van der Waals surface area contributed by atoms with Gasteiger partial charge in [0, 0.05) is 6.04 Å². The van der Waals surface area contributed by atoms with Gasteiger partial charge in [-0.15, -0.1) is 0 Å². The molecule has 1 fully saturated rings. The number of aliphatic hydroxyl groups is 1. The second-order valence-electron chi connectivity index (χ2n) is 3.90. The lowest BCUT2D eigenvalue weighted by molar-refractivity contribution is 0.182. The van der Waals surface area contributed by atoms with Crippen molar-refractivity contribution in [2.24, 2.45) is 0 Å². The third-order valence-corrected chi connectivity index (χ3v) is 2.73. The van der Waals surface area contributed by atoms with Crippen LogP contribution in [0.5, 0.6) is 0 Å². The van der Waals surface area contributed by atoms with Crippen molar-refractivity contribution in [3.8, 4) is 0 Å². The summed E-state index contributed by atoms with van der Waals surface area (Å²) in [6.07, 6.45) is 2.60. The van der Waals surface area contributed by atoms with Crippen LogP contribution in [0, 0.1) is 0 Å². The van der Waals surface area contributed by atoms with Crippen molar-refractivity contribution in [1.82, 2.24) is 0 Å². The van der Waals surface area contributed by atoms with E-state index in [0.717, 1.165) is 30.6 Å². The molecule has 1 saturated carbocycles. The van der Waals surface area contributed by atoms with Gasteiger partial charge < -0.3 is 16.2 Å². The van der Waals surface area contributed by atoms with E-state index < -0.39 is 0 Å². The second-order valence-corrected chi connectivity index (χ2v) is 3.90. The number of nitrogens with one attached hydrogen (secondary N) is 1. The van der Waals surface area contributed by atoms with Crippen molar-refractivity contribution >= 4 is 11.4 Å². The van der Waals surface area contributed by atoms with Gasteiger partial charge in [0.1, 0.15) is 0 Å². The Bertz CT molecular complexity index is 314. The van der Waals surface area contributed by atoms with Crippen molar-refractivity contribution in [2.45, 2.75) is 31.4 Å². The Morgan fingerprint density at radius 1 is 1.29 bits per heavy atom. The molecular weight excluding hydrogens is 176 g/mol. The van der Waals surface area contributed by atoms with Gasteiger partial charge in [0.05, 0.1) is 17.5 Å². The number of para-hydroxylation sites is 2. The molecular formula is C11H16N2O. The number of nitrogen functional groups attached to an aromatic ring is 1. The Morgan fingerprint density at radius 3 is 2.71 bits per heavy atom. The summed E-state index contributed by atoms with van der Waals surface area (Å²) in [5.74, 6) is 0. The predicted molar refractivity (Wildman–Crippen MR) is 58.1 cm³/mol. The molecule has 0 unspecified atom stereocenters. The first-order valence-electron chi connectivity index (χ1n) is 5.05. The van der Waals surface area contributed by atoms with Crippen molar-refractivity contribution in [2.75, 3.05) is 11.1 Å². The van der Waals surface area contributed by atoms with Crippen LogP contribution in [0.15, 0.2) is 24.3 Å². The van der Waals surface area contributed by atoms with E-state index in [9.17, 15) is 5.11 Å². The van der Waals surface area contributed by atoms with Crippen LogP contribution >= 0.6 is 0 Å². The van der Waals surface area contributed by atoms with Crippen LogP contribution in [0.4, 0.5) is 11.4 Å². The zero-order chi connectivity index (χ0) is 9.97. The highest BCUT2D eigenvalue weighted by Crippen LogP contribution is 2.25. The van der Waals surface area contributed by atoms with Crippen molar-refractivity contribution < 1.29 is 5.11 Å². The third kappa shape index (κ3) is 1.99. The van der Waals surface area contributed by atoms with E-state index in [1.165, 1.54) is 0 Å². The minimum atomic E-state index is -0.141. The number of aliphatic hydroxyl groups excluding tert-OH is 1. The maximum atomic E-state index is 9.38. The lowest BCUT2D eigenvalue weighted by Gasteiger charge is -2.15. The average Bonchev–Trinajstić information content (AvgIpc) is 2.56. The fourth-order valence-corrected chi connectivity index (χ4v) is 1.94. The van der Waals surface area contributed by atoms with E-state index in [1.807, 2.05) is 24.3 Å². The maximum absolute atomic E-state index is 9.38. The largest absolute Gasteiger partial charge is 0.397 e. The fraction of sp³-hybridized carbons (Fsp3) is 0.455. The van der Waals surface area contributed by atoms with E-state index in [1.54, 1.807) is 0 Å². The molecule has 3 nitrogen and oxygen atoms in total. The van der Waals surface area contributed by atoms with Crippen LogP contribution in [-0.4, -0.2) is 17.3 Å². The van der Waals surface area contributed by atoms with Gasteiger partial charge in [-0.3, -0.25) is 0 Å². The third-order valence-electron chi connectivity index (χ3n) is 2.73. The zero-order valence-corrected chi connectivity index (χ0v) is 8.11. The first-order valence-corrected chi connectivity index (χ1v) is 5.05. The molecule has 0 bridgehead atoms. The van der Waals surface area contributed by atoms with Gasteiger partial charge in [0.25, 0.3) is 0 Å². The Balaban J connectivity index is 2.01. The van der Waals surface area contributed by atoms with Crippen LogP contribution in [0.3, 0.4) is 0 Å². The topological polar surface area (TPSA) is 58.3 Å². The number of hydrogen-bond acceptors (Lipinski definition) is 3. The van der Waals surface area contributed by atoms with E-state index in [-0.39, 0.29) is 6.10 Å². The summed E-state index contributed by atoms with van der Waals surface area (Å²) in [5.41, 5.74) is 7.56. The molecule has 1 aromatic carbocycles. The number of hydrogen-bond donors (Lipinski definition) is 3. The predicted octanol–water partition coefficient (Wildman–Crippen LogP) is 1.59. The Kier molecular flexibility index (Phi) is 2.59. The van der Waals surface area contributed by atoms with E-state index >= 15 is 0 Å². The number of benzene rings is 1. The minimum absolute atomic E-state index is 0.141. The number of nitrogens with two attached hydrogens (primary N) is 1. The summed E-state index contributed by atoms with van der Waals surface area (Å²) in [4.78, 5) is 0. The summed E-state index contributed by atoms with van der Waals surface area (Å²) in [6.45, 7) is 0. The molecule has 14 heavy (non-hydrogen) atoms. The first-order chi connectivity index (χ1) is 6.75. The van der Waals surface area contributed by atoms with E-state index in [2.05, 4.69) is 5.32 Å². The summed E-state index contributed by atoms with van der Waals surface area (Å²) < 4.78 is 0. The lowest BCUT2D eigenvalue weighted by atomic mass is 10.2. The summed E-state index contributed by atoms with van der Waals surface area (Å²) in [7, 11) is 0. The van der Waals surface area contributed by atoms with E-state index in [0.29, 0.717) is 6.04 Å². The minimum Gasteiger partial charge on any atom is -0.397 e. The molecule has 0 aliphatic heterocycles. The van der Waals surface area contributed by atoms with Crippen LogP contribution < -0.4 is 11.1 Å². The number of rotatable bonds is 2. The molecule has 4 N–H and O–H groups in total. The summed E-state index contributed by atoms with van der Waals surface area (Å²) >= 11 is 0. The average molecular weight is 192 g/mol. The molecule has 2 rings (SSSR count). The first kappa shape index (κ1) is 9.34. The van der Waals surface area contributed by atoms with Gasteiger partial charge >= 0.3 is 0 Å². The molecule has 1 aliphatic carbocycles. The van der Waals surface area contributed by atoms with Crippen LogP contribution in [0.1, 0.15) is 19.3 Å². The lowest BCUT2D eigenvalue weighted by Crippen LogP contribution is -2.17. The molecule has 0 radical (unpaired) electrons. The van der Waals surface area contributed by atoms with Gasteiger partial charge in [-0.05, 0) is 31.4 Å². The number of anilines is 2. The Labute approximate surface area is 83.9 Å². The summed E-state index contributed by atoms with van der Waals surface area (Å²) in [6, 6.07) is 8.11. The quantitative estimate of drug-likeness (QED) is 0.624. The summed E-state index contributed by atoms with van der Waals surface area (Å²) in [5, 5.41) is 12.7. The van der Waals surface area contributed by atoms with Gasteiger partial charge in [0.15, 0.2) is 0 Å². The molecule has 0 aromatic heterocycles. The molecule has 0 heterocycles. The van der Waals surface area contributed by atoms with Gasteiger partial charge in [-0.25, -0.2) is 0 Å². The highest BCUT2D eigenvalue weighted by atomic mass is 16.3. The van der Waals surface area contributed by atoms with Crippen molar-refractivity contribution in [1.29, 1.82) is 0 Å². The Hall–Kier alpha value is -1.22. The van der Waals surface area contributed by atoms with Crippen molar-refractivity contribution in [3.05, 3.63) is 24.3 Å². The normalized spacial score (nSPS) is 26.4. The molecule has 0 amide bonds.